The summed E-state index contributed by atoms with van der Waals surface area (Å²) in [4.78, 5) is 14.3. The quantitative estimate of drug-likeness (QED) is 0.555. The molecule has 29 heavy (non-hydrogen) atoms. The molecule has 3 rings (SSSR count). The molecule has 0 spiro atoms. The number of ether oxygens (including phenoxy) is 3. The van der Waals surface area contributed by atoms with E-state index in [9.17, 15) is 4.79 Å². The van der Waals surface area contributed by atoms with Crippen LogP contribution in [0, 0.1) is 0 Å². The SMILES string of the molecule is COc1cc(/C=C/C(=O)N(C)Cc2cccc3ccccc23)cc(OC)c1OC. The van der Waals surface area contributed by atoms with Crippen LogP contribution in [0.15, 0.2) is 60.7 Å². The summed E-state index contributed by atoms with van der Waals surface area (Å²) in [5.41, 5.74) is 1.89. The zero-order valence-electron chi connectivity index (χ0n) is 17.1. The van der Waals surface area contributed by atoms with Gasteiger partial charge in [-0.05, 0) is 40.1 Å². The normalized spacial score (nSPS) is 10.9. The van der Waals surface area contributed by atoms with Crippen LogP contribution in [0.1, 0.15) is 11.1 Å². The Kier molecular flexibility index (Phi) is 6.39. The Morgan fingerprint density at radius 3 is 2.24 bits per heavy atom. The largest absolute Gasteiger partial charge is 0.493 e. The van der Waals surface area contributed by atoms with Crippen molar-refractivity contribution in [3.05, 3.63) is 71.8 Å². The number of nitrogens with zero attached hydrogens (tertiary/aromatic N) is 1. The Balaban J connectivity index is 1.78. The lowest BCUT2D eigenvalue weighted by Gasteiger charge is -2.17. The monoisotopic (exact) mass is 391 g/mol. The molecule has 0 aromatic heterocycles. The van der Waals surface area contributed by atoms with Crippen molar-refractivity contribution >= 4 is 22.8 Å². The van der Waals surface area contributed by atoms with E-state index in [0.717, 1.165) is 16.5 Å². The first-order valence-corrected chi connectivity index (χ1v) is 9.27. The molecule has 5 nitrogen and oxygen atoms in total. The zero-order chi connectivity index (χ0) is 20.8. The van der Waals surface area contributed by atoms with Gasteiger partial charge >= 0.3 is 0 Å². The highest BCUT2D eigenvalue weighted by Crippen LogP contribution is 2.38. The number of methoxy groups -OCH3 is 3. The maximum absolute atomic E-state index is 12.6. The van der Waals surface area contributed by atoms with Gasteiger partial charge in [-0.1, -0.05) is 42.5 Å². The number of carbonyl (C=O) groups is 1. The zero-order valence-corrected chi connectivity index (χ0v) is 17.1. The van der Waals surface area contributed by atoms with Gasteiger partial charge in [-0.25, -0.2) is 0 Å². The first kappa shape index (κ1) is 20.3. The minimum absolute atomic E-state index is 0.0910. The minimum atomic E-state index is -0.0910. The second-order valence-corrected chi connectivity index (χ2v) is 6.62. The van der Waals surface area contributed by atoms with Crippen molar-refractivity contribution in [2.45, 2.75) is 6.54 Å². The minimum Gasteiger partial charge on any atom is -0.493 e. The molecule has 0 bridgehead atoms. The standard InChI is InChI=1S/C24H25NO4/c1-25(16-19-10-7-9-18-8-5-6-11-20(18)19)23(26)13-12-17-14-21(27-2)24(29-4)22(15-17)28-3/h5-15H,16H2,1-4H3/b13-12+. The molecule has 0 unspecified atom stereocenters. The van der Waals surface area contributed by atoms with E-state index < -0.39 is 0 Å². The van der Waals surface area contributed by atoms with E-state index in [0.29, 0.717) is 23.8 Å². The van der Waals surface area contributed by atoms with Crippen molar-refractivity contribution in [3.8, 4) is 17.2 Å². The predicted molar refractivity (Wildman–Crippen MR) is 116 cm³/mol. The van der Waals surface area contributed by atoms with Crippen molar-refractivity contribution in [3.63, 3.8) is 0 Å². The maximum atomic E-state index is 12.6. The van der Waals surface area contributed by atoms with Crippen LogP contribution in [0.5, 0.6) is 17.2 Å². The summed E-state index contributed by atoms with van der Waals surface area (Å²) in [6.45, 7) is 0.528. The van der Waals surface area contributed by atoms with Crippen LogP contribution in [0.3, 0.4) is 0 Å². The Labute approximate surface area is 171 Å². The smallest absolute Gasteiger partial charge is 0.246 e. The number of hydrogen-bond acceptors (Lipinski definition) is 4. The molecule has 0 atom stereocenters. The third kappa shape index (κ3) is 4.51. The van der Waals surface area contributed by atoms with Crippen LogP contribution in [0.2, 0.25) is 0 Å². The number of likely N-dealkylation sites (N-methyl/N-ethyl adjacent to an activating group) is 1. The molecular formula is C24H25NO4. The summed E-state index contributed by atoms with van der Waals surface area (Å²) in [6, 6.07) is 17.9. The maximum Gasteiger partial charge on any atom is 0.246 e. The second-order valence-electron chi connectivity index (χ2n) is 6.62. The van der Waals surface area contributed by atoms with Gasteiger partial charge in [0.15, 0.2) is 11.5 Å². The molecule has 0 saturated heterocycles. The van der Waals surface area contributed by atoms with Crippen LogP contribution < -0.4 is 14.2 Å². The first-order chi connectivity index (χ1) is 14.1. The second kappa shape index (κ2) is 9.15. The molecule has 1 amide bonds. The molecule has 0 saturated carbocycles. The number of amides is 1. The summed E-state index contributed by atoms with van der Waals surface area (Å²) in [6.07, 6.45) is 3.29. The summed E-state index contributed by atoms with van der Waals surface area (Å²) in [7, 11) is 6.48. The van der Waals surface area contributed by atoms with Crippen molar-refractivity contribution in [1.29, 1.82) is 0 Å². The highest BCUT2D eigenvalue weighted by Gasteiger charge is 2.13. The van der Waals surface area contributed by atoms with Crippen molar-refractivity contribution in [2.24, 2.45) is 0 Å². The lowest BCUT2D eigenvalue weighted by atomic mass is 10.0. The summed E-state index contributed by atoms with van der Waals surface area (Å²) in [5, 5.41) is 2.32. The van der Waals surface area contributed by atoms with E-state index >= 15 is 0 Å². The molecule has 5 heteroatoms. The molecule has 0 fully saturated rings. The van der Waals surface area contributed by atoms with Gasteiger partial charge in [-0.3, -0.25) is 4.79 Å². The predicted octanol–water partition coefficient (Wildman–Crippen LogP) is 4.54. The van der Waals surface area contributed by atoms with Crippen LogP contribution >= 0.6 is 0 Å². The Morgan fingerprint density at radius 1 is 0.931 bits per heavy atom. The first-order valence-electron chi connectivity index (χ1n) is 9.27. The number of benzene rings is 3. The number of rotatable bonds is 7. The van der Waals surface area contributed by atoms with E-state index in [2.05, 4.69) is 24.3 Å². The van der Waals surface area contributed by atoms with Crippen molar-refractivity contribution in [2.75, 3.05) is 28.4 Å². The van der Waals surface area contributed by atoms with Crippen LogP contribution in [-0.4, -0.2) is 39.2 Å². The molecule has 0 radical (unpaired) electrons. The summed E-state index contributed by atoms with van der Waals surface area (Å²) < 4.78 is 16.0. The van der Waals surface area contributed by atoms with Gasteiger partial charge in [-0.2, -0.15) is 0 Å². The summed E-state index contributed by atoms with van der Waals surface area (Å²) in [5.74, 6) is 1.52. The fraction of sp³-hybridized carbons (Fsp3) is 0.208. The number of hydrogen-bond donors (Lipinski definition) is 0. The topological polar surface area (TPSA) is 48.0 Å². The van der Waals surface area contributed by atoms with Gasteiger partial charge in [-0.15, -0.1) is 0 Å². The molecule has 0 aliphatic carbocycles. The van der Waals surface area contributed by atoms with Gasteiger partial charge in [0.05, 0.1) is 21.3 Å². The molecule has 3 aromatic carbocycles. The van der Waals surface area contributed by atoms with Crippen LogP contribution in [0.25, 0.3) is 16.8 Å². The fourth-order valence-corrected chi connectivity index (χ4v) is 3.26. The lowest BCUT2D eigenvalue weighted by Crippen LogP contribution is -2.24. The van der Waals surface area contributed by atoms with Gasteiger partial charge in [0.25, 0.3) is 0 Å². The van der Waals surface area contributed by atoms with Crippen molar-refractivity contribution in [1.82, 2.24) is 4.90 Å². The van der Waals surface area contributed by atoms with E-state index in [4.69, 9.17) is 14.2 Å². The molecule has 0 aliphatic heterocycles. The van der Waals surface area contributed by atoms with Crippen LogP contribution in [0.4, 0.5) is 0 Å². The third-order valence-electron chi connectivity index (χ3n) is 4.77. The Bertz CT molecular complexity index is 1010. The fourth-order valence-electron chi connectivity index (χ4n) is 3.26. The van der Waals surface area contributed by atoms with E-state index in [1.807, 2.05) is 18.2 Å². The third-order valence-corrected chi connectivity index (χ3v) is 4.77. The lowest BCUT2D eigenvalue weighted by molar-refractivity contribution is -0.125. The average Bonchev–Trinajstić information content (AvgIpc) is 2.76. The Morgan fingerprint density at radius 2 is 1.59 bits per heavy atom. The van der Waals surface area contributed by atoms with Gasteiger partial charge in [0, 0.05) is 19.7 Å². The van der Waals surface area contributed by atoms with E-state index in [-0.39, 0.29) is 5.91 Å². The van der Waals surface area contributed by atoms with Crippen LogP contribution in [-0.2, 0) is 11.3 Å². The molecule has 0 heterocycles. The number of fused-ring (bicyclic) bond motifs is 1. The molecular weight excluding hydrogens is 366 g/mol. The average molecular weight is 391 g/mol. The van der Waals surface area contributed by atoms with E-state index in [1.54, 1.807) is 57.6 Å². The number of carbonyl (C=O) groups excluding carboxylic acids is 1. The Hall–Kier alpha value is -3.47. The van der Waals surface area contributed by atoms with E-state index in [1.165, 1.54) is 5.39 Å². The van der Waals surface area contributed by atoms with Gasteiger partial charge in [0.2, 0.25) is 11.7 Å². The molecule has 150 valence electrons. The highest BCUT2D eigenvalue weighted by molar-refractivity contribution is 5.92. The molecule has 0 aliphatic rings. The van der Waals surface area contributed by atoms with Crippen molar-refractivity contribution < 1.29 is 19.0 Å². The summed E-state index contributed by atoms with van der Waals surface area (Å²) >= 11 is 0. The van der Waals surface area contributed by atoms with Gasteiger partial charge in [0.1, 0.15) is 0 Å². The van der Waals surface area contributed by atoms with Gasteiger partial charge < -0.3 is 19.1 Å². The molecule has 3 aromatic rings. The highest BCUT2D eigenvalue weighted by atomic mass is 16.5. The molecule has 0 N–H and O–H groups in total.